The van der Waals surface area contributed by atoms with Crippen molar-refractivity contribution in [1.82, 2.24) is 0 Å². The third-order valence-corrected chi connectivity index (χ3v) is 4.47. The Morgan fingerprint density at radius 1 is 1.21 bits per heavy atom. The first-order valence-electron chi connectivity index (χ1n) is 8.83. The molecular weight excluding hydrogens is 368 g/mol. The van der Waals surface area contributed by atoms with Gasteiger partial charge >= 0.3 is 11.9 Å². The van der Waals surface area contributed by atoms with E-state index in [0.29, 0.717) is 5.69 Å². The molecule has 1 amide bonds. The highest BCUT2D eigenvalue weighted by Gasteiger charge is 2.54. The molecule has 0 saturated heterocycles. The Kier molecular flexibility index (Phi) is 6.50. The van der Waals surface area contributed by atoms with Crippen LogP contribution in [0, 0.1) is 10.1 Å². The third-order valence-electron chi connectivity index (χ3n) is 4.47. The number of anilines is 1. The number of esters is 2. The van der Waals surface area contributed by atoms with Gasteiger partial charge in [-0.25, -0.2) is 0 Å². The van der Waals surface area contributed by atoms with Crippen LogP contribution in [0.25, 0.3) is 0 Å². The summed E-state index contributed by atoms with van der Waals surface area (Å²) in [5.74, 6) is -1.89. The number of amides is 1. The van der Waals surface area contributed by atoms with Crippen molar-refractivity contribution in [3.05, 3.63) is 46.5 Å². The number of nitro groups is 1. The van der Waals surface area contributed by atoms with Crippen LogP contribution in [0.1, 0.15) is 32.3 Å². The molecule has 1 heterocycles. The predicted octanol–water partition coefficient (Wildman–Crippen LogP) is 2.27. The fraction of sp³-hybridized carbons (Fsp3) is 0.421. The van der Waals surface area contributed by atoms with E-state index in [1.807, 2.05) is 0 Å². The van der Waals surface area contributed by atoms with Crippen LogP contribution in [0.3, 0.4) is 0 Å². The number of hydrogen-bond donors (Lipinski definition) is 0. The van der Waals surface area contributed by atoms with Gasteiger partial charge < -0.3 is 14.4 Å². The zero-order chi connectivity index (χ0) is 20.9. The van der Waals surface area contributed by atoms with E-state index < -0.39 is 41.0 Å². The molecule has 9 nitrogen and oxygen atoms in total. The Bertz CT molecular complexity index is 799. The molecule has 0 atom stereocenters. The van der Waals surface area contributed by atoms with Gasteiger partial charge in [0.15, 0.2) is 0 Å². The first kappa shape index (κ1) is 21.1. The molecule has 150 valence electrons. The van der Waals surface area contributed by atoms with Gasteiger partial charge in [0.25, 0.3) is 5.69 Å². The van der Waals surface area contributed by atoms with Crippen molar-refractivity contribution >= 4 is 29.2 Å². The molecule has 0 bridgehead atoms. The summed E-state index contributed by atoms with van der Waals surface area (Å²) in [5, 5.41) is 11.3. The van der Waals surface area contributed by atoms with Gasteiger partial charge in [0.2, 0.25) is 5.91 Å². The fourth-order valence-corrected chi connectivity index (χ4v) is 3.37. The number of carbonyl (C=O) groups is 3. The molecule has 0 aromatic heterocycles. The summed E-state index contributed by atoms with van der Waals surface area (Å²) < 4.78 is 9.98. The summed E-state index contributed by atoms with van der Waals surface area (Å²) in [4.78, 5) is 49.9. The second-order valence-electron chi connectivity index (χ2n) is 6.21. The molecule has 9 heteroatoms. The quantitative estimate of drug-likeness (QED) is 0.275. The Balaban J connectivity index is 2.66. The third kappa shape index (κ3) is 3.88. The van der Waals surface area contributed by atoms with Gasteiger partial charge in [0.05, 0.1) is 36.4 Å². The zero-order valence-electron chi connectivity index (χ0n) is 15.8. The van der Waals surface area contributed by atoms with Crippen LogP contribution in [0.5, 0.6) is 0 Å². The highest BCUT2D eigenvalue weighted by molar-refractivity contribution is 6.11. The van der Waals surface area contributed by atoms with Crippen LogP contribution >= 0.6 is 0 Å². The molecule has 1 aliphatic rings. The molecule has 0 fully saturated rings. The first-order chi connectivity index (χ1) is 13.3. The van der Waals surface area contributed by atoms with Crippen molar-refractivity contribution in [3.8, 4) is 0 Å². The summed E-state index contributed by atoms with van der Waals surface area (Å²) in [6.07, 6.45) is 0.633. The number of nitrogens with zero attached hydrogens (tertiary/aromatic N) is 2. The van der Waals surface area contributed by atoms with Gasteiger partial charge in [-0.15, -0.1) is 6.58 Å². The van der Waals surface area contributed by atoms with Gasteiger partial charge in [-0.3, -0.25) is 24.5 Å². The Labute approximate surface area is 162 Å². The standard InChI is InChI=1S/C19H22N2O7/c1-4-9-20-15-8-7-13(21(25)26)10-14(15)19(18(20)24,11-16(22)27-5-2)12-17(23)28-6-3/h4,7-8,10H,1,5-6,9,11-12H2,2-3H3. The second kappa shape index (κ2) is 8.64. The highest BCUT2D eigenvalue weighted by atomic mass is 16.6. The number of ether oxygens (including phenoxy) is 2. The fourth-order valence-electron chi connectivity index (χ4n) is 3.37. The molecule has 0 unspecified atom stereocenters. The van der Waals surface area contributed by atoms with Crippen LogP contribution in [0.2, 0.25) is 0 Å². The van der Waals surface area contributed by atoms with Gasteiger partial charge in [0.1, 0.15) is 0 Å². The lowest BCUT2D eigenvalue weighted by atomic mass is 9.75. The SMILES string of the molecule is C=CCN1C(=O)C(CC(=O)OCC)(CC(=O)OCC)c2cc([N+](=O)[O-])ccc21. The van der Waals surface area contributed by atoms with E-state index in [9.17, 15) is 24.5 Å². The summed E-state index contributed by atoms with van der Waals surface area (Å²) in [6, 6.07) is 3.94. The summed E-state index contributed by atoms with van der Waals surface area (Å²) >= 11 is 0. The number of benzene rings is 1. The maximum atomic E-state index is 13.3. The van der Waals surface area contributed by atoms with E-state index in [4.69, 9.17) is 9.47 Å². The number of carbonyl (C=O) groups excluding carboxylic acids is 3. The van der Waals surface area contributed by atoms with E-state index in [2.05, 4.69) is 6.58 Å². The molecule has 0 spiro atoms. The smallest absolute Gasteiger partial charge is 0.307 e. The summed E-state index contributed by atoms with van der Waals surface area (Å²) in [7, 11) is 0. The normalized spacial score (nSPS) is 14.4. The molecule has 28 heavy (non-hydrogen) atoms. The van der Waals surface area contributed by atoms with Crippen LogP contribution in [0.4, 0.5) is 11.4 Å². The predicted molar refractivity (Wildman–Crippen MR) is 99.8 cm³/mol. The van der Waals surface area contributed by atoms with Crippen molar-refractivity contribution in [2.24, 2.45) is 0 Å². The van der Waals surface area contributed by atoms with E-state index in [1.54, 1.807) is 13.8 Å². The largest absolute Gasteiger partial charge is 0.466 e. The lowest BCUT2D eigenvalue weighted by molar-refractivity contribution is -0.384. The van der Waals surface area contributed by atoms with Gasteiger partial charge in [0, 0.05) is 24.4 Å². The minimum absolute atomic E-state index is 0.0979. The lowest BCUT2D eigenvalue weighted by Crippen LogP contribution is -2.44. The molecule has 0 saturated carbocycles. The number of nitro benzene ring substituents is 1. The van der Waals surface area contributed by atoms with Crippen LogP contribution < -0.4 is 4.90 Å². The Morgan fingerprint density at radius 3 is 2.25 bits per heavy atom. The molecule has 0 radical (unpaired) electrons. The highest BCUT2D eigenvalue weighted by Crippen LogP contribution is 2.48. The number of hydrogen-bond acceptors (Lipinski definition) is 7. The monoisotopic (exact) mass is 390 g/mol. The van der Waals surface area contributed by atoms with E-state index in [1.165, 1.54) is 29.2 Å². The van der Waals surface area contributed by atoms with Crippen molar-refractivity contribution < 1.29 is 28.8 Å². The van der Waals surface area contributed by atoms with Crippen molar-refractivity contribution in [1.29, 1.82) is 0 Å². The average molecular weight is 390 g/mol. The maximum absolute atomic E-state index is 13.3. The molecule has 1 aliphatic heterocycles. The minimum atomic E-state index is -1.64. The number of non-ortho nitro benzene ring substituents is 1. The second-order valence-corrected chi connectivity index (χ2v) is 6.21. The topological polar surface area (TPSA) is 116 Å². The van der Waals surface area contributed by atoms with Gasteiger partial charge in [-0.1, -0.05) is 6.08 Å². The van der Waals surface area contributed by atoms with Crippen LogP contribution in [-0.4, -0.2) is 42.5 Å². The Hall–Kier alpha value is -3.23. The van der Waals surface area contributed by atoms with Gasteiger partial charge in [-0.2, -0.15) is 0 Å². The lowest BCUT2D eigenvalue weighted by Gasteiger charge is -2.26. The van der Waals surface area contributed by atoms with Crippen molar-refractivity contribution in [2.45, 2.75) is 32.1 Å². The zero-order valence-corrected chi connectivity index (χ0v) is 15.8. The van der Waals surface area contributed by atoms with E-state index >= 15 is 0 Å². The van der Waals surface area contributed by atoms with E-state index in [-0.39, 0.29) is 31.0 Å². The maximum Gasteiger partial charge on any atom is 0.307 e. The Morgan fingerprint density at radius 2 is 1.79 bits per heavy atom. The molecule has 1 aromatic carbocycles. The summed E-state index contributed by atoms with van der Waals surface area (Å²) in [6.45, 7) is 7.18. The molecule has 0 aliphatic carbocycles. The minimum Gasteiger partial charge on any atom is -0.466 e. The molecule has 0 N–H and O–H groups in total. The summed E-state index contributed by atoms with van der Waals surface area (Å²) in [5.41, 5.74) is -1.26. The molecule has 1 aromatic rings. The van der Waals surface area contributed by atoms with E-state index in [0.717, 1.165) is 0 Å². The average Bonchev–Trinajstić information content (AvgIpc) is 2.84. The molecule has 2 rings (SSSR count). The van der Waals surface area contributed by atoms with Crippen molar-refractivity contribution in [3.63, 3.8) is 0 Å². The van der Waals surface area contributed by atoms with Crippen LogP contribution in [-0.2, 0) is 29.3 Å². The van der Waals surface area contributed by atoms with Gasteiger partial charge in [-0.05, 0) is 25.5 Å². The van der Waals surface area contributed by atoms with Crippen molar-refractivity contribution in [2.75, 3.05) is 24.7 Å². The molecular formula is C19H22N2O7. The first-order valence-corrected chi connectivity index (χ1v) is 8.83. The number of fused-ring (bicyclic) bond motifs is 1. The van der Waals surface area contributed by atoms with Crippen LogP contribution in [0.15, 0.2) is 30.9 Å². The number of rotatable bonds is 9.